The number of halogens is 1. The highest BCUT2D eigenvalue weighted by Crippen LogP contribution is 2.14. The van der Waals surface area contributed by atoms with E-state index in [-0.39, 0.29) is 5.75 Å². The lowest BCUT2D eigenvalue weighted by atomic mass is 10.3. The Morgan fingerprint density at radius 2 is 2.28 bits per heavy atom. The molecule has 1 unspecified atom stereocenters. The Labute approximate surface area is 106 Å². The standard InChI is InChI=1S/C12H12FNO3S/c1-16-7-11-6-10(14-17-11)8-18(15)12-4-2-3-9(13)5-12/h2-6H,7-8H2,1H3. The first-order valence-electron chi connectivity index (χ1n) is 5.26. The number of nitrogens with zero attached hydrogens (tertiary/aromatic N) is 1. The molecule has 18 heavy (non-hydrogen) atoms. The average molecular weight is 269 g/mol. The molecule has 1 aromatic heterocycles. The van der Waals surface area contributed by atoms with Gasteiger partial charge >= 0.3 is 0 Å². The van der Waals surface area contributed by atoms with E-state index in [9.17, 15) is 8.60 Å². The van der Waals surface area contributed by atoms with Crippen molar-refractivity contribution < 1.29 is 17.9 Å². The number of rotatable bonds is 5. The van der Waals surface area contributed by atoms with Gasteiger partial charge in [0.1, 0.15) is 12.4 Å². The van der Waals surface area contributed by atoms with Crippen molar-refractivity contribution in [1.29, 1.82) is 0 Å². The second kappa shape index (κ2) is 5.88. The summed E-state index contributed by atoms with van der Waals surface area (Å²) in [5, 5.41) is 3.78. The van der Waals surface area contributed by atoms with Crippen LogP contribution in [0.3, 0.4) is 0 Å². The van der Waals surface area contributed by atoms with Crippen LogP contribution in [-0.2, 0) is 27.9 Å². The van der Waals surface area contributed by atoms with Crippen LogP contribution in [0.1, 0.15) is 11.5 Å². The van der Waals surface area contributed by atoms with Crippen molar-refractivity contribution in [3.05, 3.63) is 47.6 Å². The van der Waals surface area contributed by atoms with Gasteiger partial charge in [0, 0.05) is 18.1 Å². The van der Waals surface area contributed by atoms with E-state index in [1.54, 1.807) is 19.2 Å². The van der Waals surface area contributed by atoms with Crippen molar-refractivity contribution in [1.82, 2.24) is 5.16 Å². The van der Waals surface area contributed by atoms with Crippen molar-refractivity contribution in [3.63, 3.8) is 0 Å². The van der Waals surface area contributed by atoms with E-state index < -0.39 is 16.6 Å². The summed E-state index contributed by atoms with van der Waals surface area (Å²) in [5.74, 6) is 0.362. The summed E-state index contributed by atoms with van der Waals surface area (Å²) in [6.45, 7) is 0.319. The second-order valence-electron chi connectivity index (χ2n) is 3.66. The highest BCUT2D eigenvalue weighted by molar-refractivity contribution is 7.84. The zero-order chi connectivity index (χ0) is 13.0. The fraction of sp³-hybridized carbons (Fsp3) is 0.250. The highest BCUT2D eigenvalue weighted by Gasteiger charge is 2.10. The smallest absolute Gasteiger partial charge is 0.162 e. The first-order valence-corrected chi connectivity index (χ1v) is 6.58. The Morgan fingerprint density at radius 1 is 1.44 bits per heavy atom. The van der Waals surface area contributed by atoms with Gasteiger partial charge in [-0.15, -0.1) is 0 Å². The molecule has 0 spiro atoms. The number of hydrogen-bond acceptors (Lipinski definition) is 4. The molecule has 0 fully saturated rings. The van der Waals surface area contributed by atoms with Crippen LogP contribution in [0.4, 0.5) is 4.39 Å². The van der Waals surface area contributed by atoms with Crippen molar-refractivity contribution in [2.75, 3.05) is 7.11 Å². The zero-order valence-corrected chi connectivity index (χ0v) is 10.6. The molecule has 4 nitrogen and oxygen atoms in total. The monoisotopic (exact) mass is 269 g/mol. The molecule has 1 aromatic carbocycles. The summed E-state index contributed by atoms with van der Waals surface area (Å²) in [6.07, 6.45) is 0. The normalized spacial score (nSPS) is 12.6. The van der Waals surface area contributed by atoms with Gasteiger partial charge in [-0.3, -0.25) is 4.21 Å². The maximum atomic E-state index is 13.0. The van der Waals surface area contributed by atoms with Gasteiger partial charge in [0.25, 0.3) is 0 Å². The number of hydrogen-bond donors (Lipinski definition) is 0. The molecule has 0 amide bonds. The number of methoxy groups -OCH3 is 1. The Kier molecular flexibility index (Phi) is 4.22. The van der Waals surface area contributed by atoms with Crippen LogP contribution in [-0.4, -0.2) is 16.5 Å². The molecule has 2 rings (SSSR count). The summed E-state index contributed by atoms with van der Waals surface area (Å²) in [4.78, 5) is 0.436. The summed E-state index contributed by atoms with van der Waals surface area (Å²) < 4.78 is 34.8. The maximum absolute atomic E-state index is 13.0. The molecule has 2 aromatic rings. The lowest BCUT2D eigenvalue weighted by Crippen LogP contribution is -1.97. The molecular weight excluding hydrogens is 257 g/mol. The number of benzene rings is 1. The third-order valence-electron chi connectivity index (χ3n) is 2.23. The van der Waals surface area contributed by atoms with Crippen LogP contribution in [0.5, 0.6) is 0 Å². The quantitative estimate of drug-likeness (QED) is 0.835. The van der Waals surface area contributed by atoms with Gasteiger partial charge in [0.05, 0.1) is 22.2 Å². The second-order valence-corrected chi connectivity index (χ2v) is 5.12. The van der Waals surface area contributed by atoms with Crippen molar-refractivity contribution >= 4 is 10.8 Å². The van der Waals surface area contributed by atoms with Crippen LogP contribution >= 0.6 is 0 Å². The van der Waals surface area contributed by atoms with Crippen molar-refractivity contribution in [2.24, 2.45) is 0 Å². The minimum Gasteiger partial charge on any atom is -0.377 e. The van der Waals surface area contributed by atoms with Gasteiger partial charge < -0.3 is 9.26 Å². The molecule has 0 bridgehead atoms. The first kappa shape index (κ1) is 12.9. The van der Waals surface area contributed by atoms with Gasteiger partial charge in [-0.2, -0.15) is 0 Å². The van der Waals surface area contributed by atoms with E-state index in [1.165, 1.54) is 18.2 Å². The average Bonchev–Trinajstić information content (AvgIpc) is 2.77. The molecule has 6 heteroatoms. The molecular formula is C12H12FNO3S. The lowest BCUT2D eigenvalue weighted by molar-refractivity contribution is 0.156. The van der Waals surface area contributed by atoms with Gasteiger partial charge in [0.2, 0.25) is 0 Å². The Balaban J connectivity index is 2.06. The summed E-state index contributed by atoms with van der Waals surface area (Å²) >= 11 is 0. The molecule has 0 saturated carbocycles. The minimum atomic E-state index is -1.34. The Morgan fingerprint density at radius 3 is 3.00 bits per heavy atom. The van der Waals surface area contributed by atoms with E-state index in [1.807, 2.05) is 0 Å². The van der Waals surface area contributed by atoms with Crippen LogP contribution in [0.2, 0.25) is 0 Å². The minimum absolute atomic E-state index is 0.191. The molecule has 1 atom stereocenters. The fourth-order valence-corrected chi connectivity index (χ4v) is 2.51. The molecule has 1 heterocycles. The van der Waals surface area contributed by atoms with Crippen LogP contribution in [0.15, 0.2) is 39.8 Å². The SMILES string of the molecule is COCc1cc(CS(=O)c2cccc(F)c2)no1. The fourth-order valence-electron chi connectivity index (χ4n) is 1.46. The van der Waals surface area contributed by atoms with Crippen LogP contribution in [0, 0.1) is 5.82 Å². The third kappa shape index (κ3) is 3.24. The number of aromatic nitrogens is 1. The van der Waals surface area contributed by atoms with Gasteiger partial charge in [-0.1, -0.05) is 11.2 Å². The van der Waals surface area contributed by atoms with Gasteiger partial charge in [0.15, 0.2) is 5.76 Å². The Bertz CT molecular complexity index is 556. The summed E-state index contributed by atoms with van der Waals surface area (Å²) in [6, 6.07) is 7.40. The van der Waals surface area contributed by atoms with Crippen LogP contribution in [0.25, 0.3) is 0 Å². The highest BCUT2D eigenvalue weighted by atomic mass is 32.2. The van der Waals surface area contributed by atoms with Gasteiger partial charge in [-0.05, 0) is 18.2 Å². The van der Waals surface area contributed by atoms with Gasteiger partial charge in [-0.25, -0.2) is 4.39 Å². The maximum Gasteiger partial charge on any atom is 0.162 e. The largest absolute Gasteiger partial charge is 0.377 e. The summed E-state index contributed by atoms with van der Waals surface area (Å²) in [7, 11) is 0.210. The molecule has 0 aliphatic carbocycles. The predicted octanol–water partition coefficient (Wildman–Crippen LogP) is 2.27. The third-order valence-corrected chi connectivity index (χ3v) is 3.57. The van der Waals surface area contributed by atoms with E-state index in [4.69, 9.17) is 9.26 Å². The molecule has 0 saturated heterocycles. The zero-order valence-electron chi connectivity index (χ0n) is 9.76. The molecule has 0 radical (unpaired) electrons. The van der Waals surface area contributed by atoms with Crippen molar-refractivity contribution in [2.45, 2.75) is 17.3 Å². The first-order chi connectivity index (χ1) is 8.69. The molecule has 96 valence electrons. The lowest BCUT2D eigenvalue weighted by Gasteiger charge is -1.99. The van der Waals surface area contributed by atoms with E-state index in [2.05, 4.69) is 5.16 Å². The van der Waals surface area contributed by atoms with E-state index in [0.29, 0.717) is 23.0 Å². The molecule has 0 N–H and O–H groups in total. The summed E-state index contributed by atoms with van der Waals surface area (Å²) in [5.41, 5.74) is 0.560. The van der Waals surface area contributed by atoms with Crippen molar-refractivity contribution in [3.8, 4) is 0 Å². The topological polar surface area (TPSA) is 52.3 Å². The molecule has 0 aliphatic heterocycles. The predicted molar refractivity (Wildman–Crippen MR) is 63.7 cm³/mol. The van der Waals surface area contributed by atoms with Crippen LogP contribution < -0.4 is 0 Å². The van der Waals surface area contributed by atoms with E-state index in [0.717, 1.165) is 0 Å². The molecule has 0 aliphatic rings. The number of ether oxygens (including phenoxy) is 1. The Hall–Kier alpha value is -1.53. The van der Waals surface area contributed by atoms with E-state index >= 15 is 0 Å².